The summed E-state index contributed by atoms with van der Waals surface area (Å²) in [4.78, 5) is 53.3. The number of fused-ring (bicyclic) bond motifs is 1. The van der Waals surface area contributed by atoms with Crippen molar-refractivity contribution in [3.05, 3.63) is 53.1 Å². The number of phenols is 2. The van der Waals surface area contributed by atoms with Crippen LogP contribution in [0.4, 0.5) is 4.79 Å². The Hall–Kier alpha value is -4.06. The van der Waals surface area contributed by atoms with Gasteiger partial charge in [-0.2, -0.15) is 0 Å². The summed E-state index contributed by atoms with van der Waals surface area (Å²) in [5.74, 6) is -3.31. The van der Waals surface area contributed by atoms with Crippen LogP contribution in [0.1, 0.15) is 36.1 Å². The smallest absolute Gasteiger partial charge is 0.526 e. The van der Waals surface area contributed by atoms with Gasteiger partial charge in [-0.05, 0) is 49.1 Å². The number of Topliss-reactive ketones (excluding diaryl/α,β-unsaturated/α-hetero) is 1. The Bertz CT molecular complexity index is 1250. The Kier molecular flexibility index (Phi) is 7.39. The van der Waals surface area contributed by atoms with E-state index in [0.29, 0.717) is 18.7 Å². The molecule has 0 saturated carbocycles. The zero-order valence-electron chi connectivity index (χ0n) is 20.5. The van der Waals surface area contributed by atoms with Crippen molar-refractivity contribution in [2.24, 2.45) is 0 Å². The van der Waals surface area contributed by atoms with E-state index in [4.69, 9.17) is 4.65 Å². The van der Waals surface area contributed by atoms with E-state index in [2.05, 4.69) is 5.32 Å². The van der Waals surface area contributed by atoms with Crippen molar-refractivity contribution < 1.29 is 39.1 Å². The number of imide groups is 1. The molecule has 12 heteroatoms. The van der Waals surface area contributed by atoms with E-state index in [0.717, 1.165) is 22.1 Å². The first-order chi connectivity index (χ1) is 17.6. The lowest BCUT2D eigenvalue weighted by molar-refractivity contribution is -0.153. The van der Waals surface area contributed by atoms with Gasteiger partial charge in [0.05, 0.1) is 0 Å². The predicted molar refractivity (Wildman–Crippen MR) is 132 cm³/mol. The van der Waals surface area contributed by atoms with Gasteiger partial charge >= 0.3 is 25.0 Å². The van der Waals surface area contributed by atoms with Crippen LogP contribution in [0.15, 0.2) is 36.4 Å². The highest BCUT2D eigenvalue weighted by Gasteiger charge is 2.40. The summed E-state index contributed by atoms with van der Waals surface area (Å²) in [6.45, 7) is 4.01. The molecule has 11 nitrogen and oxygen atoms in total. The van der Waals surface area contributed by atoms with Gasteiger partial charge in [0.2, 0.25) is 0 Å². The fraction of sp³-hybridized carbons (Fsp3) is 0.360. The fourth-order valence-corrected chi connectivity index (χ4v) is 4.63. The normalized spacial score (nSPS) is 18.2. The highest BCUT2D eigenvalue weighted by molar-refractivity contribution is 6.46. The Morgan fingerprint density at radius 1 is 1.14 bits per heavy atom. The Balaban J connectivity index is 1.56. The zero-order valence-corrected chi connectivity index (χ0v) is 20.5. The van der Waals surface area contributed by atoms with E-state index < -0.39 is 54.1 Å². The number of carbonyl (C=O) groups is 4. The standard InChI is InChI=1S/C25H28BN3O8/c1-3-28-9-10-29(24(34)23(28)33)25(35)27-21(15-7-8-18(30)19(31)12-15)20(32)13-17-11-16-6-4-5-14(2)22(16)37-26(17)36/h4-8,12,17,21,30-31,36H,3,9-11,13H2,1-2H3,(H,27,35)/t17-,21?/m1/s1. The van der Waals surface area contributed by atoms with Crippen molar-refractivity contribution in [3.8, 4) is 17.2 Å². The third-order valence-electron chi connectivity index (χ3n) is 6.74. The number of amides is 4. The number of hydrogen-bond donors (Lipinski definition) is 4. The first-order valence-corrected chi connectivity index (χ1v) is 12.0. The summed E-state index contributed by atoms with van der Waals surface area (Å²) in [6, 6.07) is 6.93. The second-order valence-electron chi connectivity index (χ2n) is 9.18. The van der Waals surface area contributed by atoms with Crippen LogP contribution in [0, 0.1) is 6.92 Å². The van der Waals surface area contributed by atoms with Gasteiger partial charge < -0.3 is 30.1 Å². The number of likely N-dealkylation sites (N-methyl/N-ethyl adjacent to an activating group) is 1. The lowest BCUT2D eigenvalue weighted by atomic mass is 9.64. The average molecular weight is 509 g/mol. The number of carbonyl (C=O) groups excluding carboxylic acids is 4. The first-order valence-electron chi connectivity index (χ1n) is 12.0. The molecule has 0 bridgehead atoms. The van der Waals surface area contributed by atoms with Crippen molar-refractivity contribution in [3.63, 3.8) is 0 Å². The molecule has 2 aromatic carbocycles. The van der Waals surface area contributed by atoms with Gasteiger partial charge in [0.15, 0.2) is 17.3 Å². The molecule has 0 radical (unpaired) electrons. The van der Waals surface area contributed by atoms with E-state index in [-0.39, 0.29) is 25.1 Å². The number of para-hydroxylation sites is 1. The number of nitrogens with one attached hydrogen (secondary N) is 1. The molecule has 0 aliphatic carbocycles. The SMILES string of the molecule is CCN1CCN(C(=O)NC(C(=O)C[C@H]2Cc3cccc(C)c3OB2O)c2ccc(O)c(O)c2)C(=O)C1=O. The Morgan fingerprint density at radius 3 is 2.59 bits per heavy atom. The van der Waals surface area contributed by atoms with E-state index in [1.54, 1.807) is 6.92 Å². The molecule has 1 unspecified atom stereocenters. The number of ketones is 1. The quantitative estimate of drug-likeness (QED) is 0.258. The number of benzene rings is 2. The van der Waals surface area contributed by atoms with Gasteiger partial charge in [0.25, 0.3) is 0 Å². The molecule has 0 spiro atoms. The number of urea groups is 1. The number of aromatic hydroxyl groups is 2. The number of nitrogens with zero attached hydrogens (tertiary/aromatic N) is 2. The van der Waals surface area contributed by atoms with Gasteiger partial charge in [-0.3, -0.25) is 19.3 Å². The second-order valence-corrected chi connectivity index (χ2v) is 9.18. The van der Waals surface area contributed by atoms with Crippen LogP contribution >= 0.6 is 0 Å². The molecule has 1 fully saturated rings. The highest BCUT2D eigenvalue weighted by atomic mass is 16.5. The van der Waals surface area contributed by atoms with Gasteiger partial charge in [-0.15, -0.1) is 0 Å². The molecule has 1 saturated heterocycles. The minimum atomic E-state index is -1.34. The van der Waals surface area contributed by atoms with Gasteiger partial charge in [0, 0.05) is 31.9 Å². The molecule has 194 valence electrons. The fourth-order valence-electron chi connectivity index (χ4n) is 4.63. The summed E-state index contributed by atoms with van der Waals surface area (Å²) in [5, 5.41) is 32.8. The second kappa shape index (κ2) is 10.5. The van der Waals surface area contributed by atoms with E-state index >= 15 is 0 Å². The monoisotopic (exact) mass is 509 g/mol. The number of rotatable bonds is 6. The van der Waals surface area contributed by atoms with Crippen molar-refractivity contribution in [1.29, 1.82) is 0 Å². The number of aryl methyl sites for hydroxylation is 1. The molecule has 2 aromatic rings. The van der Waals surface area contributed by atoms with Crippen molar-refractivity contribution in [1.82, 2.24) is 15.1 Å². The van der Waals surface area contributed by atoms with Gasteiger partial charge in [-0.25, -0.2) is 4.79 Å². The van der Waals surface area contributed by atoms with Gasteiger partial charge in [-0.1, -0.05) is 24.3 Å². The average Bonchev–Trinajstić information content (AvgIpc) is 2.87. The minimum absolute atomic E-state index is 0.0443. The Labute approximate surface area is 213 Å². The maximum absolute atomic E-state index is 13.5. The number of phenolic OH excluding ortho intramolecular Hbond substituents is 2. The van der Waals surface area contributed by atoms with Crippen LogP contribution < -0.4 is 9.97 Å². The maximum atomic E-state index is 13.5. The van der Waals surface area contributed by atoms with Crippen LogP contribution in [-0.4, -0.2) is 75.4 Å². The van der Waals surface area contributed by atoms with E-state index in [1.165, 1.54) is 17.0 Å². The summed E-state index contributed by atoms with van der Waals surface area (Å²) >= 11 is 0. The molecule has 2 heterocycles. The molecular weight excluding hydrogens is 481 g/mol. The van der Waals surface area contributed by atoms with Crippen LogP contribution in [0.3, 0.4) is 0 Å². The third kappa shape index (κ3) is 5.24. The lowest BCUT2D eigenvalue weighted by Gasteiger charge is -2.33. The molecule has 4 amide bonds. The molecule has 2 aliphatic rings. The van der Waals surface area contributed by atoms with Crippen LogP contribution in [-0.2, 0) is 20.8 Å². The third-order valence-corrected chi connectivity index (χ3v) is 6.74. The Morgan fingerprint density at radius 2 is 1.89 bits per heavy atom. The summed E-state index contributed by atoms with van der Waals surface area (Å²) in [5.41, 5.74) is 1.85. The predicted octanol–water partition coefficient (Wildman–Crippen LogP) is 1.29. The molecular formula is C25H28BN3O8. The minimum Gasteiger partial charge on any atom is -0.536 e. The highest BCUT2D eigenvalue weighted by Crippen LogP contribution is 2.37. The first kappa shape index (κ1) is 26.0. The van der Waals surface area contributed by atoms with E-state index in [9.17, 15) is 34.4 Å². The molecule has 4 rings (SSSR count). The topological polar surface area (TPSA) is 157 Å². The van der Waals surface area contributed by atoms with Crippen molar-refractivity contribution in [2.45, 2.75) is 38.5 Å². The molecule has 0 aromatic heterocycles. The summed E-state index contributed by atoms with van der Waals surface area (Å²) in [7, 11) is -1.26. The van der Waals surface area contributed by atoms with Crippen molar-refractivity contribution >= 4 is 30.7 Å². The van der Waals surface area contributed by atoms with Crippen molar-refractivity contribution in [2.75, 3.05) is 19.6 Å². The molecule has 2 atom stereocenters. The lowest BCUT2D eigenvalue weighted by Crippen LogP contribution is -2.58. The summed E-state index contributed by atoms with van der Waals surface area (Å²) < 4.78 is 5.67. The van der Waals surface area contributed by atoms with Gasteiger partial charge in [0.1, 0.15) is 11.8 Å². The maximum Gasteiger partial charge on any atom is 0.526 e. The zero-order chi connectivity index (χ0) is 26.9. The van der Waals surface area contributed by atoms with Crippen LogP contribution in [0.25, 0.3) is 0 Å². The van der Waals surface area contributed by atoms with Crippen LogP contribution in [0.2, 0.25) is 5.82 Å². The van der Waals surface area contributed by atoms with E-state index in [1.807, 2.05) is 25.1 Å². The molecule has 4 N–H and O–H groups in total. The number of piperazine rings is 1. The molecule has 37 heavy (non-hydrogen) atoms. The molecule has 2 aliphatic heterocycles. The summed E-state index contributed by atoms with van der Waals surface area (Å²) in [6.07, 6.45) is 0.162. The van der Waals surface area contributed by atoms with Crippen LogP contribution in [0.5, 0.6) is 17.2 Å². The largest absolute Gasteiger partial charge is 0.536 e. The number of hydrogen-bond acceptors (Lipinski definition) is 8.